The van der Waals surface area contributed by atoms with E-state index < -0.39 is 0 Å². The maximum atomic E-state index is 8.63. The molecule has 6 heteroatoms. The number of hydrogen-bond donors (Lipinski definition) is 2. The predicted molar refractivity (Wildman–Crippen MR) is 64.7 cm³/mol. The Kier molecular flexibility index (Phi) is 3.63. The molecule has 2 rings (SSSR count). The fraction of sp³-hybridized carbons (Fsp3) is 0.636. The Morgan fingerprint density at radius 2 is 2.47 bits per heavy atom. The molecule has 0 spiro atoms. The van der Waals surface area contributed by atoms with Gasteiger partial charge in [-0.15, -0.1) is 0 Å². The number of nitrogens with zero attached hydrogens (tertiary/aromatic N) is 4. The zero-order valence-corrected chi connectivity index (χ0v) is 10.1. The normalized spacial score (nSPS) is 19.0. The third kappa shape index (κ3) is 2.58. The molecule has 17 heavy (non-hydrogen) atoms. The molecule has 1 aliphatic heterocycles. The molecule has 3 N–H and O–H groups in total. The van der Waals surface area contributed by atoms with Gasteiger partial charge >= 0.3 is 0 Å². The predicted octanol–water partition coefficient (Wildman–Crippen LogP) is 0.614. The molecule has 1 atom stereocenters. The monoisotopic (exact) mass is 237 g/mol. The number of nitrogens with two attached hydrogens (primary N) is 1. The molecule has 0 fully saturated rings. The van der Waals surface area contributed by atoms with Crippen molar-refractivity contribution in [1.29, 1.82) is 0 Å². The number of imidazole rings is 1. The lowest BCUT2D eigenvalue weighted by molar-refractivity contribution is 0.150. The van der Waals surface area contributed by atoms with Crippen molar-refractivity contribution in [3.05, 3.63) is 18.2 Å². The molecule has 1 aromatic heterocycles. The van der Waals surface area contributed by atoms with Crippen molar-refractivity contribution in [1.82, 2.24) is 14.5 Å². The molecule has 0 saturated carbocycles. The lowest BCUT2D eigenvalue weighted by Gasteiger charge is -2.34. The van der Waals surface area contributed by atoms with Gasteiger partial charge in [0.25, 0.3) is 0 Å². The maximum absolute atomic E-state index is 8.63. The summed E-state index contributed by atoms with van der Waals surface area (Å²) >= 11 is 0. The van der Waals surface area contributed by atoms with Crippen LogP contribution >= 0.6 is 0 Å². The van der Waals surface area contributed by atoms with Crippen LogP contribution in [-0.2, 0) is 13.1 Å². The van der Waals surface area contributed by atoms with Crippen LogP contribution < -0.4 is 5.73 Å². The van der Waals surface area contributed by atoms with Crippen LogP contribution in [0.2, 0.25) is 0 Å². The highest BCUT2D eigenvalue weighted by Crippen LogP contribution is 2.17. The summed E-state index contributed by atoms with van der Waals surface area (Å²) in [4.78, 5) is 6.68. The second-order valence-corrected chi connectivity index (χ2v) is 4.36. The quantitative estimate of drug-likeness (QED) is 0.348. The number of fused-ring (bicyclic) bond motifs is 1. The van der Waals surface area contributed by atoms with E-state index in [2.05, 4.69) is 26.5 Å². The molecule has 6 nitrogen and oxygen atoms in total. The van der Waals surface area contributed by atoms with Gasteiger partial charge in [-0.3, -0.25) is 4.90 Å². The van der Waals surface area contributed by atoms with Crippen LogP contribution in [0, 0.1) is 0 Å². The molecule has 94 valence electrons. The van der Waals surface area contributed by atoms with Gasteiger partial charge in [-0.2, -0.15) is 0 Å². The minimum absolute atomic E-state index is 0.297. The largest absolute Gasteiger partial charge is 0.409 e. The van der Waals surface area contributed by atoms with Gasteiger partial charge in [-0.25, -0.2) is 4.98 Å². The number of hydrogen-bond acceptors (Lipinski definition) is 4. The van der Waals surface area contributed by atoms with Gasteiger partial charge in [-0.1, -0.05) is 12.1 Å². The summed E-state index contributed by atoms with van der Waals surface area (Å²) in [5.74, 6) is 1.39. The van der Waals surface area contributed by atoms with Crippen molar-refractivity contribution in [2.24, 2.45) is 10.9 Å². The first-order valence-corrected chi connectivity index (χ1v) is 5.95. The van der Waals surface area contributed by atoms with E-state index in [0.717, 1.165) is 31.9 Å². The standard InChI is InChI=1S/C11H19N5O/c1-2-9(7-10(12)14-17)16-6-5-15-4-3-13-11(15)8-16/h3-4,9,17H,2,5-8H2,1H3,(H2,12,14). The van der Waals surface area contributed by atoms with Crippen LogP contribution in [0.25, 0.3) is 0 Å². The van der Waals surface area contributed by atoms with E-state index >= 15 is 0 Å². The van der Waals surface area contributed by atoms with Crippen molar-refractivity contribution >= 4 is 5.84 Å². The van der Waals surface area contributed by atoms with Gasteiger partial charge in [-0.05, 0) is 6.42 Å². The van der Waals surface area contributed by atoms with Crippen LogP contribution in [0.15, 0.2) is 17.5 Å². The number of rotatable bonds is 4. The van der Waals surface area contributed by atoms with Gasteiger partial charge in [0.1, 0.15) is 11.7 Å². The Bertz CT molecular complexity index is 400. The highest BCUT2D eigenvalue weighted by Gasteiger charge is 2.23. The topological polar surface area (TPSA) is 79.7 Å². The minimum atomic E-state index is 0.297. The molecular weight excluding hydrogens is 218 g/mol. The first kappa shape index (κ1) is 11.9. The van der Waals surface area contributed by atoms with E-state index in [1.165, 1.54) is 0 Å². The summed E-state index contributed by atoms with van der Waals surface area (Å²) in [5.41, 5.74) is 5.58. The third-order valence-electron chi connectivity index (χ3n) is 3.34. The van der Waals surface area contributed by atoms with Crippen molar-refractivity contribution in [3.63, 3.8) is 0 Å². The minimum Gasteiger partial charge on any atom is -0.409 e. The van der Waals surface area contributed by atoms with Gasteiger partial charge in [0.2, 0.25) is 0 Å². The number of aromatic nitrogens is 2. The van der Waals surface area contributed by atoms with Crippen LogP contribution in [0.3, 0.4) is 0 Å². The first-order chi connectivity index (χ1) is 8.24. The van der Waals surface area contributed by atoms with Crippen molar-refractivity contribution in [2.75, 3.05) is 6.54 Å². The molecule has 2 heterocycles. The van der Waals surface area contributed by atoms with Crippen LogP contribution in [0.1, 0.15) is 25.6 Å². The van der Waals surface area contributed by atoms with Gasteiger partial charge in [0, 0.05) is 37.9 Å². The van der Waals surface area contributed by atoms with E-state index in [1.54, 1.807) is 0 Å². The van der Waals surface area contributed by atoms with Gasteiger partial charge in [0.15, 0.2) is 0 Å². The summed E-state index contributed by atoms with van der Waals surface area (Å²) in [5, 5.41) is 11.7. The van der Waals surface area contributed by atoms with Crippen molar-refractivity contribution in [3.8, 4) is 0 Å². The Morgan fingerprint density at radius 3 is 3.18 bits per heavy atom. The van der Waals surface area contributed by atoms with Crippen molar-refractivity contribution < 1.29 is 5.21 Å². The zero-order chi connectivity index (χ0) is 12.3. The van der Waals surface area contributed by atoms with E-state index in [1.807, 2.05) is 12.4 Å². The van der Waals surface area contributed by atoms with E-state index in [-0.39, 0.29) is 0 Å². The van der Waals surface area contributed by atoms with Crippen molar-refractivity contribution in [2.45, 2.75) is 38.9 Å². The first-order valence-electron chi connectivity index (χ1n) is 5.95. The molecule has 0 aliphatic carbocycles. The third-order valence-corrected chi connectivity index (χ3v) is 3.34. The Morgan fingerprint density at radius 1 is 1.65 bits per heavy atom. The Balaban J connectivity index is 2.03. The highest BCUT2D eigenvalue weighted by molar-refractivity contribution is 5.80. The molecular formula is C11H19N5O. The summed E-state index contributed by atoms with van der Waals surface area (Å²) < 4.78 is 2.17. The molecule has 1 aromatic rings. The maximum Gasteiger partial charge on any atom is 0.140 e. The molecule has 0 aromatic carbocycles. The Hall–Kier alpha value is -1.56. The molecule has 1 unspecified atom stereocenters. The molecule has 1 aliphatic rings. The SMILES string of the molecule is CCC(CC(N)=NO)N1CCn2ccnc2C1. The van der Waals surface area contributed by atoms with Gasteiger partial charge in [0.05, 0.1) is 6.54 Å². The lowest BCUT2D eigenvalue weighted by Crippen LogP contribution is -2.42. The highest BCUT2D eigenvalue weighted by atomic mass is 16.4. The van der Waals surface area contributed by atoms with E-state index in [0.29, 0.717) is 18.3 Å². The smallest absolute Gasteiger partial charge is 0.140 e. The number of amidine groups is 1. The fourth-order valence-electron chi connectivity index (χ4n) is 2.32. The second kappa shape index (κ2) is 5.18. The summed E-state index contributed by atoms with van der Waals surface area (Å²) in [6, 6.07) is 0.316. The van der Waals surface area contributed by atoms with Crippen LogP contribution in [-0.4, -0.2) is 38.1 Å². The molecule has 0 bridgehead atoms. The number of oxime groups is 1. The summed E-state index contributed by atoms with van der Waals surface area (Å²) in [6.45, 7) is 4.91. The van der Waals surface area contributed by atoms with Crippen LogP contribution in [0.5, 0.6) is 0 Å². The lowest BCUT2D eigenvalue weighted by atomic mass is 10.1. The van der Waals surface area contributed by atoms with E-state index in [9.17, 15) is 0 Å². The summed E-state index contributed by atoms with van der Waals surface area (Å²) in [7, 11) is 0. The average molecular weight is 237 g/mol. The van der Waals surface area contributed by atoms with Crippen LogP contribution in [0.4, 0.5) is 0 Å². The molecule has 0 amide bonds. The van der Waals surface area contributed by atoms with Gasteiger partial charge < -0.3 is 15.5 Å². The second-order valence-electron chi connectivity index (χ2n) is 4.36. The Labute approximate surface area is 101 Å². The molecule has 0 radical (unpaired) electrons. The average Bonchev–Trinajstić information content (AvgIpc) is 2.82. The summed E-state index contributed by atoms with van der Waals surface area (Å²) in [6.07, 6.45) is 5.44. The zero-order valence-electron chi connectivity index (χ0n) is 10.1. The fourth-order valence-corrected chi connectivity index (χ4v) is 2.32. The van der Waals surface area contributed by atoms with E-state index in [4.69, 9.17) is 10.9 Å². The molecule has 0 saturated heterocycles.